The summed E-state index contributed by atoms with van der Waals surface area (Å²) in [6.07, 6.45) is 0. The van der Waals surface area contributed by atoms with Crippen molar-refractivity contribution >= 4 is 38.3 Å². The summed E-state index contributed by atoms with van der Waals surface area (Å²) in [4.78, 5) is 26.3. The fraction of sp³-hybridized carbons (Fsp3) is 0.250. The molecular weight excluding hydrogens is 426 g/mol. The second-order valence-electron chi connectivity index (χ2n) is 7.92. The predicted molar refractivity (Wildman–Crippen MR) is 124 cm³/mol. The second kappa shape index (κ2) is 8.72. The van der Waals surface area contributed by atoms with Gasteiger partial charge in [0.15, 0.2) is 0 Å². The maximum Gasteiger partial charge on any atom is 0.254 e. The maximum atomic E-state index is 13.1. The average Bonchev–Trinajstić information content (AvgIpc) is 2.79. The molecule has 0 aliphatic carbocycles. The molecule has 0 bridgehead atoms. The van der Waals surface area contributed by atoms with E-state index in [-0.39, 0.29) is 29.8 Å². The van der Waals surface area contributed by atoms with Crippen LogP contribution < -0.4 is 5.32 Å². The van der Waals surface area contributed by atoms with Crippen LogP contribution in [-0.4, -0.2) is 55.6 Å². The van der Waals surface area contributed by atoms with Crippen molar-refractivity contribution in [3.8, 4) is 0 Å². The highest BCUT2D eigenvalue weighted by atomic mass is 32.2. The zero-order valence-electron chi connectivity index (χ0n) is 18.0. The van der Waals surface area contributed by atoms with Crippen molar-refractivity contribution in [2.75, 3.05) is 31.5 Å². The quantitative estimate of drug-likeness (QED) is 0.660. The van der Waals surface area contributed by atoms with Crippen LogP contribution in [0.3, 0.4) is 0 Å². The number of piperazine rings is 1. The molecule has 1 fully saturated rings. The van der Waals surface area contributed by atoms with Crippen LogP contribution in [0.4, 0.5) is 5.69 Å². The molecule has 3 aromatic carbocycles. The number of anilines is 1. The first-order valence-corrected chi connectivity index (χ1v) is 11.9. The van der Waals surface area contributed by atoms with Crippen molar-refractivity contribution in [3.05, 3.63) is 71.8 Å². The number of nitrogens with zero attached hydrogens (tertiary/aromatic N) is 2. The van der Waals surface area contributed by atoms with E-state index in [1.807, 2.05) is 37.3 Å². The van der Waals surface area contributed by atoms with Gasteiger partial charge in [0.2, 0.25) is 15.9 Å². The predicted octanol–water partition coefficient (Wildman–Crippen LogP) is 3.25. The van der Waals surface area contributed by atoms with Gasteiger partial charge in [0, 0.05) is 44.4 Å². The Bertz CT molecular complexity index is 1300. The third-order valence-corrected chi connectivity index (χ3v) is 7.57. The summed E-state index contributed by atoms with van der Waals surface area (Å²) >= 11 is 0. The SMILES string of the molecule is CC(=O)Nc1cc(C(=O)N2CCN(S(=O)(=O)c3ccc4ccccc4c3)CC2)ccc1C. The van der Waals surface area contributed by atoms with Gasteiger partial charge in [-0.25, -0.2) is 8.42 Å². The molecule has 2 amide bonds. The molecule has 3 aromatic rings. The van der Waals surface area contributed by atoms with Crippen LogP contribution >= 0.6 is 0 Å². The van der Waals surface area contributed by atoms with Gasteiger partial charge in [-0.3, -0.25) is 9.59 Å². The number of hydrogen-bond acceptors (Lipinski definition) is 4. The first kappa shape index (κ1) is 22.0. The molecule has 1 heterocycles. The van der Waals surface area contributed by atoms with E-state index < -0.39 is 10.0 Å². The van der Waals surface area contributed by atoms with Crippen LogP contribution in [-0.2, 0) is 14.8 Å². The van der Waals surface area contributed by atoms with Crippen molar-refractivity contribution in [1.82, 2.24) is 9.21 Å². The highest BCUT2D eigenvalue weighted by Crippen LogP contribution is 2.24. The van der Waals surface area contributed by atoms with Crippen molar-refractivity contribution in [2.45, 2.75) is 18.7 Å². The average molecular weight is 452 g/mol. The standard InChI is InChI=1S/C24H25N3O4S/c1-17-7-8-21(16-23(17)25-18(2)28)24(29)26-11-13-27(14-12-26)32(30,31)22-10-9-19-5-3-4-6-20(19)15-22/h3-10,15-16H,11-14H2,1-2H3,(H,25,28). The topological polar surface area (TPSA) is 86.8 Å². The van der Waals surface area contributed by atoms with E-state index in [0.717, 1.165) is 16.3 Å². The Hall–Kier alpha value is -3.23. The second-order valence-corrected chi connectivity index (χ2v) is 9.85. The van der Waals surface area contributed by atoms with Gasteiger partial charge in [-0.1, -0.05) is 36.4 Å². The van der Waals surface area contributed by atoms with Crippen molar-refractivity contribution in [1.29, 1.82) is 0 Å². The lowest BCUT2D eigenvalue weighted by Crippen LogP contribution is -2.50. The molecule has 166 valence electrons. The minimum absolute atomic E-state index is 0.181. The van der Waals surface area contributed by atoms with Gasteiger partial charge in [0.1, 0.15) is 0 Å². The van der Waals surface area contributed by atoms with Gasteiger partial charge in [-0.05, 0) is 47.5 Å². The van der Waals surface area contributed by atoms with Crippen LogP contribution in [0.2, 0.25) is 0 Å². The summed E-state index contributed by atoms with van der Waals surface area (Å²) in [5.41, 5.74) is 1.93. The van der Waals surface area contributed by atoms with E-state index in [2.05, 4.69) is 5.32 Å². The Balaban J connectivity index is 1.47. The number of sulfonamides is 1. The monoisotopic (exact) mass is 451 g/mol. The highest BCUT2D eigenvalue weighted by molar-refractivity contribution is 7.89. The summed E-state index contributed by atoms with van der Waals surface area (Å²) in [7, 11) is -3.65. The Kier molecular flexibility index (Phi) is 5.99. The molecule has 32 heavy (non-hydrogen) atoms. The van der Waals surface area contributed by atoms with Gasteiger partial charge in [0.25, 0.3) is 5.91 Å². The third-order valence-electron chi connectivity index (χ3n) is 5.68. The summed E-state index contributed by atoms with van der Waals surface area (Å²) in [6.45, 7) is 4.33. The molecule has 8 heteroatoms. The van der Waals surface area contributed by atoms with Crippen LogP contribution in [0.5, 0.6) is 0 Å². The number of carbonyl (C=O) groups excluding carboxylic acids is 2. The van der Waals surface area contributed by atoms with Crippen molar-refractivity contribution in [2.24, 2.45) is 0 Å². The fourth-order valence-electron chi connectivity index (χ4n) is 3.87. The van der Waals surface area contributed by atoms with Crippen LogP contribution in [0.1, 0.15) is 22.8 Å². The van der Waals surface area contributed by atoms with Crippen LogP contribution in [0, 0.1) is 6.92 Å². The highest BCUT2D eigenvalue weighted by Gasteiger charge is 2.30. The molecule has 1 N–H and O–H groups in total. The fourth-order valence-corrected chi connectivity index (χ4v) is 5.33. The Morgan fingerprint density at radius 2 is 1.56 bits per heavy atom. The third kappa shape index (κ3) is 4.37. The summed E-state index contributed by atoms with van der Waals surface area (Å²) in [5.74, 6) is -0.385. The maximum absolute atomic E-state index is 13.1. The van der Waals surface area contributed by atoms with Gasteiger partial charge >= 0.3 is 0 Å². The molecule has 0 aromatic heterocycles. The first-order chi connectivity index (χ1) is 15.3. The van der Waals surface area contributed by atoms with E-state index in [0.29, 0.717) is 24.3 Å². The number of hydrogen-bond donors (Lipinski definition) is 1. The van der Waals surface area contributed by atoms with Gasteiger partial charge in [-0.2, -0.15) is 4.31 Å². The number of benzene rings is 3. The summed E-state index contributed by atoms with van der Waals surface area (Å²) in [6, 6.07) is 17.9. The molecule has 0 spiro atoms. The molecule has 4 rings (SSSR count). The van der Waals surface area contributed by atoms with E-state index in [9.17, 15) is 18.0 Å². The molecule has 0 atom stereocenters. The molecule has 0 unspecified atom stereocenters. The summed E-state index contributed by atoms with van der Waals surface area (Å²) < 4.78 is 27.7. The lowest BCUT2D eigenvalue weighted by Gasteiger charge is -2.34. The van der Waals surface area contributed by atoms with Crippen molar-refractivity contribution < 1.29 is 18.0 Å². The van der Waals surface area contributed by atoms with E-state index in [1.165, 1.54) is 11.2 Å². The molecule has 1 aliphatic heterocycles. The molecule has 0 saturated carbocycles. The number of aryl methyl sites for hydroxylation is 1. The Labute approximate surface area is 187 Å². The zero-order valence-corrected chi connectivity index (χ0v) is 18.9. The van der Waals surface area contributed by atoms with Gasteiger partial charge in [-0.15, -0.1) is 0 Å². The lowest BCUT2D eigenvalue weighted by atomic mass is 10.1. The minimum atomic E-state index is -3.65. The van der Waals surface area contributed by atoms with Crippen molar-refractivity contribution in [3.63, 3.8) is 0 Å². The Morgan fingerprint density at radius 1 is 0.875 bits per heavy atom. The molecule has 1 saturated heterocycles. The van der Waals surface area contributed by atoms with E-state index in [4.69, 9.17) is 0 Å². The number of fused-ring (bicyclic) bond motifs is 1. The molecular formula is C24H25N3O4S. The van der Waals surface area contributed by atoms with Crippen LogP contribution in [0.25, 0.3) is 10.8 Å². The smallest absolute Gasteiger partial charge is 0.254 e. The number of carbonyl (C=O) groups is 2. The zero-order chi connectivity index (χ0) is 22.9. The molecule has 7 nitrogen and oxygen atoms in total. The lowest BCUT2D eigenvalue weighted by molar-refractivity contribution is -0.114. The first-order valence-electron chi connectivity index (χ1n) is 10.4. The molecule has 1 aliphatic rings. The van der Waals surface area contributed by atoms with E-state index in [1.54, 1.807) is 35.2 Å². The number of rotatable bonds is 4. The Morgan fingerprint density at radius 3 is 2.25 bits per heavy atom. The number of nitrogens with one attached hydrogen (secondary N) is 1. The van der Waals surface area contributed by atoms with E-state index >= 15 is 0 Å². The summed E-state index contributed by atoms with van der Waals surface area (Å²) in [5, 5.41) is 4.59. The van der Waals surface area contributed by atoms with Gasteiger partial charge in [0.05, 0.1) is 4.90 Å². The number of amides is 2. The normalized spacial score (nSPS) is 15.0. The largest absolute Gasteiger partial charge is 0.336 e. The van der Waals surface area contributed by atoms with Gasteiger partial charge < -0.3 is 10.2 Å². The molecule has 0 radical (unpaired) electrons. The van der Waals surface area contributed by atoms with Crippen LogP contribution in [0.15, 0.2) is 65.6 Å². The minimum Gasteiger partial charge on any atom is -0.336 e.